The summed E-state index contributed by atoms with van der Waals surface area (Å²) in [5.74, 6) is -0.499. The topological polar surface area (TPSA) is 81.0 Å². The third-order valence-corrected chi connectivity index (χ3v) is 1.35. The van der Waals surface area contributed by atoms with E-state index in [1.54, 1.807) is 19.0 Å². The van der Waals surface area contributed by atoms with E-state index in [4.69, 9.17) is 15.3 Å². The van der Waals surface area contributed by atoms with Crippen molar-refractivity contribution in [3.05, 3.63) is 0 Å². The minimum absolute atomic E-state index is 0.0538. The van der Waals surface area contributed by atoms with Crippen LogP contribution in [-0.2, 0) is 4.79 Å². The predicted octanol–water partition coefficient (Wildman–Crippen LogP) is -2.17. The highest BCUT2D eigenvalue weighted by atomic mass is 16.4. The minimum Gasteiger partial charge on any atom is -0.394 e. The molecular weight excluding hydrogens is 162 g/mol. The van der Waals surface area contributed by atoms with Crippen LogP contribution >= 0.6 is 0 Å². The molecule has 0 saturated carbocycles. The van der Waals surface area contributed by atoms with Crippen LogP contribution in [0.1, 0.15) is 0 Å². The van der Waals surface area contributed by atoms with Gasteiger partial charge >= 0.3 is 0 Å². The van der Waals surface area contributed by atoms with Crippen LogP contribution < -0.4 is 0 Å². The molecule has 0 aliphatic carbocycles. The zero-order valence-corrected chi connectivity index (χ0v) is 7.27. The Morgan fingerprint density at radius 2 is 1.92 bits per heavy atom. The fourth-order valence-electron chi connectivity index (χ4n) is 0.720. The average molecular weight is 177 g/mol. The molecule has 3 N–H and O–H groups in total. The molecule has 12 heavy (non-hydrogen) atoms. The van der Waals surface area contributed by atoms with Gasteiger partial charge in [0, 0.05) is 0 Å². The average Bonchev–Trinajstić information content (AvgIpc) is 2.00. The van der Waals surface area contributed by atoms with Crippen LogP contribution in [-0.4, -0.2) is 65.5 Å². The summed E-state index contributed by atoms with van der Waals surface area (Å²) in [6.07, 6.45) is -2.87. The molecule has 0 aliphatic rings. The largest absolute Gasteiger partial charge is 0.394 e. The molecule has 0 bridgehead atoms. The van der Waals surface area contributed by atoms with Gasteiger partial charge in [-0.15, -0.1) is 0 Å². The van der Waals surface area contributed by atoms with E-state index in [1.807, 2.05) is 0 Å². The molecule has 0 rings (SSSR count). The maximum absolute atomic E-state index is 11.0. The van der Waals surface area contributed by atoms with Crippen LogP contribution in [0.3, 0.4) is 0 Å². The Hall–Kier alpha value is -0.490. The summed E-state index contributed by atoms with van der Waals surface area (Å²) in [6.45, 7) is -0.557. The van der Waals surface area contributed by atoms with E-state index in [9.17, 15) is 4.79 Å². The summed E-state index contributed by atoms with van der Waals surface area (Å²) in [5, 5.41) is 26.3. The van der Waals surface area contributed by atoms with Gasteiger partial charge in [0.15, 0.2) is 5.78 Å². The van der Waals surface area contributed by atoms with Crippen LogP contribution in [0.5, 0.6) is 0 Å². The van der Waals surface area contributed by atoms with Crippen molar-refractivity contribution in [3.63, 3.8) is 0 Å². The van der Waals surface area contributed by atoms with Crippen molar-refractivity contribution in [1.29, 1.82) is 0 Å². The molecule has 0 fully saturated rings. The van der Waals surface area contributed by atoms with Gasteiger partial charge in [0.05, 0.1) is 13.2 Å². The molecule has 5 heteroatoms. The Morgan fingerprint density at radius 1 is 1.42 bits per heavy atom. The van der Waals surface area contributed by atoms with E-state index in [2.05, 4.69) is 0 Å². The number of hydrogen-bond acceptors (Lipinski definition) is 5. The minimum atomic E-state index is -1.49. The van der Waals surface area contributed by atoms with Crippen molar-refractivity contribution < 1.29 is 20.1 Å². The molecule has 0 radical (unpaired) electrons. The number of carbonyl (C=O) groups excluding carboxylic acids is 1. The number of rotatable bonds is 5. The second kappa shape index (κ2) is 5.21. The van der Waals surface area contributed by atoms with Crippen LogP contribution in [0.25, 0.3) is 0 Å². The van der Waals surface area contributed by atoms with Gasteiger partial charge in [-0.25, -0.2) is 0 Å². The van der Waals surface area contributed by atoms with Crippen LogP contribution in [0, 0.1) is 0 Å². The Labute approximate surface area is 71.2 Å². The van der Waals surface area contributed by atoms with Crippen molar-refractivity contribution in [2.75, 3.05) is 27.2 Å². The van der Waals surface area contributed by atoms with Crippen LogP contribution in [0.2, 0.25) is 0 Å². The summed E-state index contributed by atoms with van der Waals surface area (Å²) >= 11 is 0. The van der Waals surface area contributed by atoms with Crippen molar-refractivity contribution in [3.8, 4) is 0 Å². The third-order valence-electron chi connectivity index (χ3n) is 1.35. The van der Waals surface area contributed by atoms with Gasteiger partial charge in [-0.1, -0.05) is 0 Å². The molecule has 0 aromatic heterocycles. The Balaban J connectivity index is 3.92. The van der Waals surface area contributed by atoms with Crippen LogP contribution in [0.15, 0.2) is 0 Å². The highest BCUT2D eigenvalue weighted by molar-refractivity contribution is 5.85. The fourth-order valence-corrected chi connectivity index (χ4v) is 0.720. The van der Waals surface area contributed by atoms with Crippen molar-refractivity contribution in [2.45, 2.75) is 12.2 Å². The first-order valence-electron chi connectivity index (χ1n) is 3.63. The standard InChI is InChI=1S/C7H15NO4/c1-8(2)3-5(10)7(12)6(11)4-9/h6-7,9,11-12H,3-4H2,1-2H3/t6-,7+/m0/s1. The number of aliphatic hydroxyl groups excluding tert-OH is 3. The van der Waals surface area contributed by atoms with Gasteiger partial charge in [-0.05, 0) is 14.1 Å². The van der Waals surface area contributed by atoms with Crippen molar-refractivity contribution >= 4 is 5.78 Å². The predicted molar refractivity (Wildman–Crippen MR) is 42.7 cm³/mol. The smallest absolute Gasteiger partial charge is 0.177 e. The van der Waals surface area contributed by atoms with Gasteiger partial charge in [0.25, 0.3) is 0 Å². The Morgan fingerprint density at radius 3 is 2.25 bits per heavy atom. The first-order chi connectivity index (χ1) is 5.49. The van der Waals surface area contributed by atoms with E-state index in [0.717, 1.165) is 0 Å². The molecule has 0 amide bonds. The molecule has 0 unspecified atom stereocenters. The lowest BCUT2D eigenvalue weighted by Gasteiger charge is -2.16. The maximum Gasteiger partial charge on any atom is 0.177 e. The molecule has 72 valence electrons. The van der Waals surface area contributed by atoms with Gasteiger partial charge in [-0.3, -0.25) is 4.79 Å². The van der Waals surface area contributed by atoms with Gasteiger partial charge in [-0.2, -0.15) is 0 Å². The number of likely N-dealkylation sites (N-methyl/N-ethyl adjacent to an activating group) is 1. The summed E-state index contributed by atoms with van der Waals surface area (Å²) in [6, 6.07) is 0. The molecule has 0 aromatic rings. The van der Waals surface area contributed by atoms with E-state index >= 15 is 0 Å². The van der Waals surface area contributed by atoms with Gasteiger partial charge < -0.3 is 20.2 Å². The SMILES string of the molecule is CN(C)CC(=O)[C@@H](O)[C@@H](O)CO. The number of carbonyl (C=O) groups is 1. The van der Waals surface area contributed by atoms with E-state index < -0.39 is 24.6 Å². The molecular formula is C7H15NO4. The van der Waals surface area contributed by atoms with Gasteiger partial charge in [0.1, 0.15) is 12.2 Å². The Kier molecular flexibility index (Phi) is 5.00. The van der Waals surface area contributed by atoms with E-state index in [1.165, 1.54) is 0 Å². The zero-order valence-electron chi connectivity index (χ0n) is 7.27. The summed E-state index contributed by atoms with van der Waals surface area (Å²) < 4.78 is 0. The number of Topliss-reactive ketones (excluding diaryl/α,β-unsaturated/α-hetero) is 1. The lowest BCUT2D eigenvalue weighted by molar-refractivity contribution is -0.135. The lowest BCUT2D eigenvalue weighted by Crippen LogP contribution is -2.40. The van der Waals surface area contributed by atoms with Crippen molar-refractivity contribution in [1.82, 2.24) is 4.90 Å². The van der Waals surface area contributed by atoms with Gasteiger partial charge in [0.2, 0.25) is 0 Å². The second-order valence-corrected chi connectivity index (χ2v) is 2.90. The first kappa shape index (κ1) is 11.5. The third kappa shape index (κ3) is 3.77. The molecule has 0 heterocycles. The molecule has 0 saturated heterocycles. The number of aliphatic hydroxyl groups is 3. The zero-order chi connectivity index (χ0) is 9.72. The summed E-state index contributed by atoms with van der Waals surface area (Å²) in [7, 11) is 3.35. The van der Waals surface area contributed by atoms with Crippen molar-refractivity contribution in [2.24, 2.45) is 0 Å². The lowest BCUT2D eigenvalue weighted by atomic mass is 10.1. The molecule has 5 nitrogen and oxygen atoms in total. The summed E-state index contributed by atoms with van der Waals surface area (Å²) in [4.78, 5) is 12.6. The first-order valence-corrected chi connectivity index (χ1v) is 3.63. The molecule has 0 aromatic carbocycles. The number of hydrogen-bond donors (Lipinski definition) is 3. The molecule has 2 atom stereocenters. The van der Waals surface area contributed by atoms with E-state index in [-0.39, 0.29) is 6.54 Å². The van der Waals surface area contributed by atoms with Crippen LogP contribution in [0.4, 0.5) is 0 Å². The Bertz CT molecular complexity index is 148. The highest BCUT2D eigenvalue weighted by Gasteiger charge is 2.23. The second-order valence-electron chi connectivity index (χ2n) is 2.90. The summed E-state index contributed by atoms with van der Waals surface area (Å²) in [5.41, 5.74) is 0. The number of ketones is 1. The quantitative estimate of drug-likeness (QED) is 0.445. The number of nitrogens with zero attached hydrogens (tertiary/aromatic N) is 1. The molecule has 0 aliphatic heterocycles. The highest BCUT2D eigenvalue weighted by Crippen LogP contribution is 1.95. The van der Waals surface area contributed by atoms with E-state index in [0.29, 0.717) is 0 Å². The molecule has 0 spiro atoms. The normalized spacial score (nSPS) is 16.2. The monoisotopic (exact) mass is 177 g/mol. The fraction of sp³-hybridized carbons (Fsp3) is 0.857. The maximum atomic E-state index is 11.0.